The number of nitrogens with zero attached hydrogens (tertiary/aromatic N) is 3. The number of carbonyl (C=O) groups excluding carboxylic acids is 1. The zero-order chi connectivity index (χ0) is 34.7. The highest BCUT2D eigenvalue weighted by molar-refractivity contribution is 7.87. The molecular weight excluding hydrogens is 671 g/mol. The Morgan fingerprint density at radius 2 is 1.61 bits per heavy atom. The minimum Gasteiger partial charge on any atom is -0.497 e. The summed E-state index contributed by atoms with van der Waals surface area (Å²) in [6, 6.07) is 25.8. The lowest BCUT2D eigenvalue weighted by Crippen LogP contribution is -2.40. The summed E-state index contributed by atoms with van der Waals surface area (Å²) in [5.41, 5.74) is 1.86. The predicted molar refractivity (Wildman–Crippen MR) is 181 cm³/mol. The number of fused-ring (bicyclic) bond motifs is 1. The molecule has 5 aromatic rings. The van der Waals surface area contributed by atoms with E-state index < -0.39 is 27.1 Å². The highest BCUT2D eigenvalue weighted by atomic mass is 32.2. The van der Waals surface area contributed by atoms with Crippen LogP contribution in [0.2, 0.25) is 0 Å². The van der Waals surface area contributed by atoms with Crippen LogP contribution >= 0.6 is 11.3 Å². The average molecular weight is 698 g/mol. The molecule has 0 spiro atoms. The van der Waals surface area contributed by atoms with E-state index in [-0.39, 0.29) is 34.1 Å². The number of methoxy groups -OCH3 is 1. The smallest absolute Gasteiger partial charge is 0.339 e. The number of nitro benzene ring substituents is 1. The lowest BCUT2D eigenvalue weighted by Gasteiger charge is -2.26. The second-order valence-corrected chi connectivity index (χ2v) is 13.1. The zero-order valence-electron chi connectivity index (χ0n) is 26.0. The fourth-order valence-electron chi connectivity index (χ4n) is 5.22. The highest BCUT2D eigenvalue weighted by Gasteiger charge is 2.35. The van der Waals surface area contributed by atoms with Gasteiger partial charge in [0.05, 0.1) is 40.5 Å². The average Bonchev–Trinajstić information content (AvgIpc) is 3.42. The van der Waals surface area contributed by atoms with Crippen LogP contribution in [0.3, 0.4) is 0 Å². The van der Waals surface area contributed by atoms with Crippen molar-refractivity contribution < 1.29 is 31.8 Å². The monoisotopic (exact) mass is 697 g/mol. The van der Waals surface area contributed by atoms with E-state index in [0.717, 1.165) is 35.6 Å². The maximum Gasteiger partial charge on any atom is 0.339 e. The van der Waals surface area contributed by atoms with Gasteiger partial charge in [-0.1, -0.05) is 65.9 Å². The molecule has 1 aliphatic rings. The largest absolute Gasteiger partial charge is 0.497 e. The van der Waals surface area contributed by atoms with Gasteiger partial charge in [0.1, 0.15) is 16.4 Å². The minimum absolute atomic E-state index is 0.00282. The summed E-state index contributed by atoms with van der Waals surface area (Å²) in [5, 5.41) is 10.9. The van der Waals surface area contributed by atoms with Crippen molar-refractivity contribution in [3.8, 4) is 11.5 Å². The summed E-state index contributed by atoms with van der Waals surface area (Å²) in [6.07, 6.45) is 1.64. The number of benzene rings is 4. The van der Waals surface area contributed by atoms with Crippen molar-refractivity contribution in [1.29, 1.82) is 0 Å². The fraction of sp³-hybridized carbons (Fsp3) is 0.114. The molecule has 1 aliphatic heterocycles. The Morgan fingerprint density at radius 3 is 2.22 bits per heavy atom. The Labute approximate surface area is 283 Å². The first-order chi connectivity index (χ1) is 23.6. The van der Waals surface area contributed by atoms with Crippen molar-refractivity contribution >= 4 is 44.9 Å². The summed E-state index contributed by atoms with van der Waals surface area (Å²) in [7, 11) is -2.72. The van der Waals surface area contributed by atoms with Crippen LogP contribution in [-0.4, -0.2) is 37.6 Å². The molecule has 248 valence electrons. The van der Waals surface area contributed by atoms with Crippen LogP contribution in [0.25, 0.3) is 11.8 Å². The number of rotatable bonds is 10. The molecular formula is C35H27N3O9S2. The van der Waals surface area contributed by atoms with Gasteiger partial charge in [-0.2, -0.15) is 8.42 Å². The molecule has 4 aromatic carbocycles. The van der Waals surface area contributed by atoms with Gasteiger partial charge in [-0.3, -0.25) is 19.5 Å². The van der Waals surface area contributed by atoms with E-state index in [4.69, 9.17) is 18.6 Å². The zero-order valence-corrected chi connectivity index (χ0v) is 27.6. The molecule has 12 nitrogen and oxygen atoms in total. The molecule has 0 aliphatic carbocycles. The molecule has 0 saturated carbocycles. The highest BCUT2D eigenvalue weighted by Crippen LogP contribution is 2.35. The molecule has 0 fully saturated rings. The van der Waals surface area contributed by atoms with Gasteiger partial charge in [0.2, 0.25) is 0 Å². The van der Waals surface area contributed by atoms with E-state index >= 15 is 0 Å². The van der Waals surface area contributed by atoms with Crippen molar-refractivity contribution in [1.82, 2.24) is 4.57 Å². The Balaban J connectivity index is 1.41. The third-order valence-electron chi connectivity index (χ3n) is 7.53. The van der Waals surface area contributed by atoms with E-state index in [2.05, 4.69) is 0 Å². The molecule has 0 amide bonds. The summed E-state index contributed by atoms with van der Waals surface area (Å²) in [6.45, 7) is 1.83. The number of nitro groups is 1. The van der Waals surface area contributed by atoms with Gasteiger partial charge in [0.15, 0.2) is 4.80 Å². The first-order valence-corrected chi connectivity index (χ1v) is 17.0. The molecule has 0 N–H and O–H groups in total. The number of carbonyl (C=O) groups is 1. The SMILES string of the molecule is CCOC(=O)C1=C(c2ccccc2)N=c2s/c(=C\c3ccc(OS(=O)(=O)c4ccc([N+](=O)[O-])cc4)cc3)c(=O)n2[C@H]1c1ccc(OC)cc1. The summed E-state index contributed by atoms with van der Waals surface area (Å²) in [5.74, 6) is 0.0107. The van der Waals surface area contributed by atoms with Crippen LogP contribution in [0.15, 0.2) is 123 Å². The van der Waals surface area contributed by atoms with E-state index in [1.807, 2.05) is 30.3 Å². The topological polar surface area (TPSA) is 156 Å². The van der Waals surface area contributed by atoms with Gasteiger partial charge in [-0.15, -0.1) is 0 Å². The van der Waals surface area contributed by atoms with Gasteiger partial charge < -0.3 is 13.7 Å². The van der Waals surface area contributed by atoms with Gasteiger partial charge in [0.25, 0.3) is 11.2 Å². The lowest BCUT2D eigenvalue weighted by atomic mass is 9.93. The third-order valence-corrected chi connectivity index (χ3v) is 9.77. The third kappa shape index (κ3) is 6.77. The van der Waals surface area contributed by atoms with Gasteiger partial charge in [-0.05, 0) is 60.5 Å². The number of hydrogen-bond acceptors (Lipinski definition) is 11. The second kappa shape index (κ2) is 13.7. The second-order valence-electron chi connectivity index (χ2n) is 10.6. The summed E-state index contributed by atoms with van der Waals surface area (Å²) in [4.78, 5) is 42.9. The lowest BCUT2D eigenvalue weighted by molar-refractivity contribution is -0.384. The molecule has 1 aromatic heterocycles. The van der Waals surface area contributed by atoms with Gasteiger partial charge in [-0.25, -0.2) is 9.79 Å². The van der Waals surface area contributed by atoms with Gasteiger partial charge in [0, 0.05) is 17.7 Å². The molecule has 1 atom stereocenters. The maximum atomic E-state index is 14.1. The van der Waals surface area contributed by atoms with Crippen molar-refractivity contribution in [2.24, 2.45) is 4.99 Å². The first kappa shape index (κ1) is 33.1. The van der Waals surface area contributed by atoms with Gasteiger partial charge >= 0.3 is 16.1 Å². The van der Waals surface area contributed by atoms with Crippen LogP contribution < -0.4 is 23.8 Å². The molecule has 0 saturated heterocycles. The van der Waals surface area contributed by atoms with Crippen molar-refractivity contribution in [3.63, 3.8) is 0 Å². The van der Waals surface area contributed by atoms with E-state index in [1.165, 1.54) is 16.7 Å². The predicted octanol–water partition coefficient (Wildman–Crippen LogP) is 4.62. The number of hydrogen-bond donors (Lipinski definition) is 0. The summed E-state index contributed by atoms with van der Waals surface area (Å²) < 4.78 is 43.3. The summed E-state index contributed by atoms with van der Waals surface area (Å²) >= 11 is 1.15. The molecule has 0 radical (unpaired) electrons. The minimum atomic E-state index is -4.26. The van der Waals surface area contributed by atoms with E-state index in [9.17, 15) is 28.1 Å². The Bertz CT molecular complexity index is 2370. The Hall–Kier alpha value is -5.86. The number of thiazole rings is 1. The van der Waals surface area contributed by atoms with Crippen LogP contribution in [-0.2, 0) is 19.6 Å². The van der Waals surface area contributed by atoms with Crippen LogP contribution in [0.5, 0.6) is 11.5 Å². The fourth-order valence-corrected chi connectivity index (χ4v) is 7.15. The van der Waals surface area contributed by atoms with Crippen LogP contribution in [0.4, 0.5) is 5.69 Å². The van der Waals surface area contributed by atoms with E-state index in [1.54, 1.807) is 56.5 Å². The molecule has 0 bridgehead atoms. The maximum absolute atomic E-state index is 14.1. The van der Waals surface area contributed by atoms with Crippen molar-refractivity contribution in [2.75, 3.05) is 13.7 Å². The Kier molecular flexibility index (Phi) is 9.25. The normalized spacial score (nSPS) is 14.5. The quantitative estimate of drug-likeness (QED) is 0.0880. The number of non-ortho nitro benzene ring substituents is 1. The number of esters is 1. The molecule has 2 heterocycles. The molecule has 6 rings (SSSR count). The van der Waals surface area contributed by atoms with Crippen LogP contribution in [0.1, 0.15) is 29.7 Å². The molecule has 0 unspecified atom stereocenters. The van der Waals surface area contributed by atoms with Crippen LogP contribution in [0, 0.1) is 10.1 Å². The van der Waals surface area contributed by atoms with Crippen molar-refractivity contribution in [3.05, 3.63) is 155 Å². The first-order valence-electron chi connectivity index (χ1n) is 14.8. The molecule has 49 heavy (non-hydrogen) atoms. The molecule has 14 heteroatoms. The van der Waals surface area contributed by atoms with E-state index in [0.29, 0.717) is 37.5 Å². The van der Waals surface area contributed by atoms with Crippen molar-refractivity contribution in [2.45, 2.75) is 17.9 Å². The standard InChI is InChI=1S/C35H27N3O9S2/c1-3-46-34(40)30-31(23-7-5-4-6-8-23)36-35-37(32(30)24-11-17-26(45-2)18-12-24)33(39)29(48-35)21-22-9-15-27(16-10-22)47-49(43,44)28-19-13-25(14-20-28)38(41)42/h4-21,32H,3H2,1-2H3/b29-21-/t32-/m0/s1. The Morgan fingerprint density at radius 1 is 0.959 bits per heavy atom. The number of aromatic nitrogens is 1. The number of ether oxygens (including phenoxy) is 2.